The molecule has 0 bridgehead atoms. The number of hydrogen-bond donors (Lipinski definition) is 1. The van der Waals surface area contributed by atoms with Crippen molar-refractivity contribution in [3.63, 3.8) is 0 Å². The predicted molar refractivity (Wildman–Crippen MR) is 88.4 cm³/mol. The second kappa shape index (κ2) is 5.35. The molecule has 1 aromatic rings. The Balaban J connectivity index is 2.19. The van der Waals surface area contributed by atoms with Crippen LogP contribution in [-0.2, 0) is 6.42 Å². The molecule has 1 N–H and O–H groups in total. The second-order valence-corrected chi connectivity index (χ2v) is 7.79. The number of aryl methyl sites for hydroxylation is 1. The van der Waals surface area contributed by atoms with Crippen LogP contribution in [0.2, 0.25) is 5.02 Å². The van der Waals surface area contributed by atoms with E-state index >= 15 is 0 Å². The summed E-state index contributed by atoms with van der Waals surface area (Å²) in [7, 11) is 0. The van der Waals surface area contributed by atoms with Gasteiger partial charge in [0.25, 0.3) is 0 Å². The van der Waals surface area contributed by atoms with Gasteiger partial charge in [-0.05, 0) is 53.8 Å². The van der Waals surface area contributed by atoms with Gasteiger partial charge in [0, 0.05) is 11.1 Å². The van der Waals surface area contributed by atoms with Crippen molar-refractivity contribution in [1.29, 1.82) is 0 Å². The molecule has 1 saturated carbocycles. The van der Waals surface area contributed by atoms with Crippen LogP contribution in [0.3, 0.4) is 0 Å². The topological polar surface area (TPSA) is 12.0 Å². The molecular formula is C18H28ClN. The maximum absolute atomic E-state index is 6.41. The molecule has 1 nitrogen and oxygen atoms in total. The molecule has 0 radical (unpaired) electrons. The molecule has 1 aliphatic rings. The van der Waals surface area contributed by atoms with Crippen molar-refractivity contribution in [1.82, 2.24) is 5.32 Å². The Bertz CT molecular complexity index is 476. The average Bonchev–Trinajstić information content (AvgIpc) is 2.72. The SMILES string of the molecule is CCNC(Cc1ccc(C)cc1Cl)C1C(C)(C)C1(C)C. The van der Waals surface area contributed by atoms with Gasteiger partial charge in [-0.15, -0.1) is 0 Å². The smallest absolute Gasteiger partial charge is 0.0441 e. The minimum Gasteiger partial charge on any atom is -0.314 e. The first-order valence-corrected chi connectivity index (χ1v) is 8.08. The molecule has 1 unspecified atom stereocenters. The summed E-state index contributed by atoms with van der Waals surface area (Å²) in [6.07, 6.45) is 1.02. The zero-order chi connectivity index (χ0) is 15.1. The normalized spacial score (nSPS) is 21.8. The Labute approximate surface area is 129 Å². The number of hydrogen-bond acceptors (Lipinski definition) is 1. The van der Waals surface area contributed by atoms with Crippen molar-refractivity contribution in [2.75, 3.05) is 6.54 Å². The Morgan fingerprint density at radius 2 is 1.80 bits per heavy atom. The van der Waals surface area contributed by atoms with Crippen molar-refractivity contribution in [2.45, 2.75) is 54.0 Å². The Hall–Kier alpha value is -0.530. The number of nitrogens with one attached hydrogen (secondary N) is 1. The fraction of sp³-hybridized carbons (Fsp3) is 0.667. The van der Waals surface area contributed by atoms with E-state index in [1.165, 1.54) is 11.1 Å². The van der Waals surface area contributed by atoms with Gasteiger partial charge < -0.3 is 5.32 Å². The first kappa shape index (κ1) is 15.9. The van der Waals surface area contributed by atoms with Crippen LogP contribution in [0.25, 0.3) is 0 Å². The third-order valence-electron chi connectivity index (χ3n) is 5.65. The van der Waals surface area contributed by atoms with E-state index in [2.05, 4.69) is 65.1 Å². The fourth-order valence-electron chi connectivity index (χ4n) is 3.88. The first-order valence-electron chi connectivity index (χ1n) is 7.70. The highest BCUT2D eigenvalue weighted by atomic mass is 35.5. The predicted octanol–water partition coefficient (Wildman–Crippen LogP) is 4.85. The molecule has 1 aliphatic carbocycles. The lowest BCUT2D eigenvalue weighted by molar-refractivity contribution is 0.403. The number of halogens is 1. The minimum atomic E-state index is 0.400. The summed E-state index contributed by atoms with van der Waals surface area (Å²) in [5.74, 6) is 0.701. The standard InChI is InChI=1S/C18H28ClN/c1-7-20-15(16-17(3,4)18(16,5)6)11-13-9-8-12(2)10-14(13)19/h8-10,15-16,20H,7,11H2,1-6H3. The number of likely N-dealkylation sites (N-methyl/N-ethyl adjacent to an activating group) is 1. The Morgan fingerprint density at radius 1 is 1.20 bits per heavy atom. The largest absolute Gasteiger partial charge is 0.314 e. The molecule has 2 rings (SSSR count). The van der Waals surface area contributed by atoms with Crippen molar-refractivity contribution < 1.29 is 0 Å². The van der Waals surface area contributed by atoms with E-state index in [1.54, 1.807) is 0 Å². The lowest BCUT2D eigenvalue weighted by Crippen LogP contribution is -2.35. The van der Waals surface area contributed by atoms with Crippen LogP contribution >= 0.6 is 11.6 Å². The van der Waals surface area contributed by atoms with Crippen LogP contribution in [0.5, 0.6) is 0 Å². The maximum atomic E-state index is 6.41. The average molecular weight is 294 g/mol. The van der Waals surface area contributed by atoms with Gasteiger partial charge in [-0.2, -0.15) is 0 Å². The van der Waals surface area contributed by atoms with Crippen LogP contribution in [0.4, 0.5) is 0 Å². The van der Waals surface area contributed by atoms with Gasteiger partial charge in [-0.25, -0.2) is 0 Å². The van der Waals surface area contributed by atoms with Crippen molar-refractivity contribution in [3.8, 4) is 0 Å². The molecule has 2 heteroatoms. The van der Waals surface area contributed by atoms with Crippen LogP contribution in [0.1, 0.15) is 45.7 Å². The molecule has 0 heterocycles. The third kappa shape index (κ3) is 2.63. The molecule has 112 valence electrons. The van der Waals surface area contributed by atoms with E-state index in [9.17, 15) is 0 Å². The van der Waals surface area contributed by atoms with E-state index in [1.807, 2.05) is 0 Å². The third-order valence-corrected chi connectivity index (χ3v) is 6.00. The summed E-state index contributed by atoms with van der Waals surface area (Å²) in [6, 6.07) is 6.92. The molecular weight excluding hydrogens is 266 g/mol. The highest BCUT2D eigenvalue weighted by Gasteiger charge is 2.66. The van der Waals surface area contributed by atoms with Gasteiger partial charge in [0.15, 0.2) is 0 Å². The molecule has 1 fully saturated rings. The van der Waals surface area contributed by atoms with Crippen molar-refractivity contribution in [3.05, 3.63) is 34.3 Å². The summed E-state index contributed by atoms with van der Waals surface area (Å²) in [4.78, 5) is 0. The van der Waals surface area contributed by atoms with Crippen LogP contribution in [0, 0.1) is 23.7 Å². The van der Waals surface area contributed by atoms with Crippen LogP contribution in [0.15, 0.2) is 18.2 Å². The maximum Gasteiger partial charge on any atom is 0.0441 e. The van der Waals surface area contributed by atoms with E-state index in [-0.39, 0.29) is 0 Å². The molecule has 0 saturated heterocycles. The summed E-state index contributed by atoms with van der Waals surface area (Å²) in [5, 5.41) is 4.59. The van der Waals surface area contributed by atoms with Gasteiger partial charge in [0.2, 0.25) is 0 Å². The quantitative estimate of drug-likeness (QED) is 0.818. The zero-order valence-electron chi connectivity index (χ0n) is 13.7. The molecule has 0 amide bonds. The molecule has 1 atom stereocenters. The second-order valence-electron chi connectivity index (χ2n) is 7.38. The van der Waals surface area contributed by atoms with Crippen LogP contribution in [-0.4, -0.2) is 12.6 Å². The van der Waals surface area contributed by atoms with E-state index in [0.29, 0.717) is 22.8 Å². The van der Waals surface area contributed by atoms with Crippen molar-refractivity contribution in [2.24, 2.45) is 16.7 Å². The monoisotopic (exact) mass is 293 g/mol. The molecule has 1 aromatic carbocycles. The highest BCUT2D eigenvalue weighted by Crippen LogP contribution is 2.69. The summed E-state index contributed by atoms with van der Waals surface area (Å²) >= 11 is 6.41. The Morgan fingerprint density at radius 3 is 2.25 bits per heavy atom. The molecule has 0 aromatic heterocycles. The van der Waals surface area contributed by atoms with Gasteiger partial charge in [-0.3, -0.25) is 0 Å². The van der Waals surface area contributed by atoms with E-state index in [4.69, 9.17) is 11.6 Å². The first-order chi connectivity index (χ1) is 9.21. The molecule has 0 aliphatic heterocycles. The summed E-state index contributed by atoms with van der Waals surface area (Å²) in [6.45, 7) is 14.8. The molecule has 0 spiro atoms. The lowest BCUT2D eigenvalue weighted by atomic mass is 9.96. The van der Waals surface area contributed by atoms with Gasteiger partial charge in [-0.1, -0.05) is 58.4 Å². The number of rotatable bonds is 5. The van der Waals surface area contributed by atoms with E-state index in [0.717, 1.165) is 18.0 Å². The highest BCUT2D eigenvalue weighted by molar-refractivity contribution is 6.31. The van der Waals surface area contributed by atoms with Gasteiger partial charge >= 0.3 is 0 Å². The fourth-order valence-corrected chi connectivity index (χ4v) is 4.19. The minimum absolute atomic E-state index is 0.400. The number of benzene rings is 1. The van der Waals surface area contributed by atoms with Gasteiger partial charge in [0.05, 0.1) is 0 Å². The zero-order valence-corrected chi connectivity index (χ0v) is 14.4. The van der Waals surface area contributed by atoms with Crippen LogP contribution < -0.4 is 5.32 Å². The lowest BCUT2D eigenvalue weighted by Gasteiger charge is -2.21. The molecule has 20 heavy (non-hydrogen) atoms. The van der Waals surface area contributed by atoms with E-state index < -0.39 is 0 Å². The van der Waals surface area contributed by atoms with Gasteiger partial charge in [0.1, 0.15) is 0 Å². The summed E-state index contributed by atoms with van der Waals surface area (Å²) in [5.41, 5.74) is 3.29. The summed E-state index contributed by atoms with van der Waals surface area (Å²) < 4.78 is 0. The van der Waals surface area contributed by atoms with Crippen molar-refractivity contribution >= 4 is 11.6 Å². The Kier molecular flexibility index (Phi) is 4.24.